The van der Waals surface area contributed by atoms with E-state index in [0.717, 1.165) is 30.5 Å². The van der Waals surface area contributed by atoms with Gasteiger partial charge in [-0.3, -0.25) is 0 Å². The fraction of sp³-hybridized carbons (Fsp3) is 0.316. The Hall–Kier alpha value is -2.63. The zero-order chi connectivity index (χ0) is 17.2. The zero-order valence-corrected chi connectivity index (χ0v) is 13.6. The van der Waals surface area contributed by atoms with Crippen LogP contribution in [-0.2, 0) is 6.42 Å². The van der Waals surface area contributed by atoms with Crippen LogP contribution in [0.1, 0.15) is 48.7 Å². The van der Waals surface area contributed by atoms with Crippen LogP contribution in [0.4, 0.5) is 8.78 Å². The van der Waals surface area contributed by atoms with E-state index in [-0.39, 0.29) is 23.8 Å². The summed E-state index contributed by atoms with van der Waals surface area (Å²) in [6.45, 7) is 0. The Bertz CT molecular complexity index is 849. The van der Waals surface area contributed by atoms with Crippen molar-refractivity contribution in [1.29, 1.82) is 0 Å². The second-order valence-corrected chi connectivity index (χ2v) is 6.18. The topological polar surface area (TPSA) is 47.9 Å². The molecule has 0 amide bonds. The first-order chi connectivity index (χ1) is 12.2. The molecule has 128 valence electrons. The molecule has 4 rings (SSSR count). The Balaban J connectivity index is 1.66. The Labute approximate surface area is 144 Å². The lowest BCUT2D eigenvalue weighted by molar-refractivity contribution is 0.169. The maximum atomic E-state index is 14.1. The third kappa shape index (κ3) is 3.16. The number of ether oxygens (including phenoxy) is 1. The third-order valence-corrected chi connectivity index (χ3v) is 4.48. The van der Waals surface area contributed by atoms with E-state index in [2.05, 4.69) is 15.2 Å². The number of pyridine rings is 1. The third-order valence-electron chi connectivity index (χ3n) is 4.48. The van der Waals surface area contributed by atoms with Gasteiger partial charge in [-0.25, -0.2) is 13.8 Å². The second-order valence-electron chi connectivity index (χ2n) is 6.18. The first-order valence-corrected chi connectivity index (χ1v) is 8.41. The van der Waals surface area contributed by atoms with Gasteiger partial charge in [-0.2, -0.15) is 5.10 Å². The van der Waals surface area contributed by atoms with Gasteiger partial charge in [0, 0.05) is 18.7 Å². The van der Waals surface area contributed by atoms with Crippen molar-refractivity contribution in [2.75, 3.05) is 0 Å². The fourth-order valence-corrected chi connectivity index (χ4v) is 3.27. The van der Waals surface area contributed by atoms with Gasteiger partial charge in [-0.05, 0) is 49.5 Å². The molecule has 0 spiro atoms. The minimum atomic E-state index is -0.560. The van der Waals surface area contributed by atoms with Gasteiger partial charge in [0.05, 0.1) is 11.3 Å². The van der Waals surface area contributed by atoms with Crippen molar-refractivity contribution >= 4 is 5.57 Å². The van der Waals surface area contributed by atoms with Gasteiger partial charge in [-0.15, -0.1) is 5.10 Å². The van der Waals surface area contributed by atoms with Crippen molar-refractivity contribution < 1.29 is 13.5 Å². The van der Waals surface area contributed by atoms with Gasteiger partial charge in [0.2, 0.25) is 5.88 Å². The number of halogens is 2. The summed E-state index contributed by atoms with van der Waals surface area (Å²) in [6.07, 6.45) is 5.91. The maximum absolute atomic E-state index is 14.1. The first-order valence-electron chi connectivity index (χ1n) is 8.41. The smallest absolute Gasteiger partial charge is 0.213 e. The van der Waals surface area contributed by atoms with Crippen LogP contribution in [0.15, 0.2) is 48.2 Å². The Kier molecular flexibility index (Phi) is 4.26. The van der Waals surface area contributed by atoms with Gasteiger partial charge < -0.3 is 4.74 Å². The number of rotatable bonds is 3. The highest BCUT2D eigenvalue weighted by Crippen LogP contribution is 2.36. The Morgan fingerprint density at radius 3 is 2.84 bits per heavy atom. The van der Waals surface area contributed by atoms with Crippen molar-refractivity contribution in [3.05, 3.63) is 65.1 Å². The number of fused-ring (bicyclic) bond motifs is 1. The molecule has 0 aromatic carbocycles. The molecule has 25 heavy (non-hydrogen) atoms. The molecule has 6 heteroatoms. The van der Waals surface area contributed by atoms with Crippen molar-refractivity contribution in [3.63, 3.8) is 0 Å². The van der Waals surface area contributed by atoms with E-state index in [1.54, 1.807) is 18.3 Å². The van der Waals surface area contributed by atoms with E-state index in [1.807, 2.05) is 12.1 Å². The molecule has 1 atom stereocenters. The predicted molar refractivity (Wildman–Crippen MR) is 89.0 cm³/mol. The SMILES string of the molecule is FC1=CCCC(F)=C1c1cc2c(nn1)C(Oc1ccccn1)CCC2. The lowest BCUT2D eigenvalue weighted by Gasteiger charge is -2.24. The molecule has 2 aliphatic carbocycles. The number of aromatic nitrogens is 3. The molecule has 2 aliphatic rings. The summed E-state index contributed by atoms with van der Waals surface area (Å²) in [5.74, 6) is -0.498. The molecule has 0 saturated heterocycles. The number of nitrogens with zero attached hydrogens (tertiary/aromatic N) is 3. The van der Waals surface area contributed by atoms with Crippen LogP contribution < -0.4 is 4.74 Å². The van der Waals surface area contributed by atoms with Crippen LogP contribution in [0.5, 0.6) is 5.88 Å². The quantitative estimate of drug-likeness (QED) is 0.815. The zero-order valence-electron chi connectivity index (χ0n) is 13.6. The van der Waals surface area contributed by atoms with Crippen molar-refractivity contribution in [2.24, 2.45) is 0 Å². The summed E-state index contributed by atoms with van der Waals surface area (Å²) < 4.78 is 34.0. The summed E-state index contributed by atoms with van der Waals surface area (Å²) in [6, 6.07) is 7.21. The summed E-state index contributed by atoms with van der Waals surface area (Å²) in [5, 5.41) is 8.32. The van der Waals surface area contributed by atoms with Gasteiger partial charge in [-0.1, -0.05) is 6.07 Å². The summed E-state index contributed by atoms with van der Waals surface area (Å²) >= 11 is 0. The van der Waals surface area contributed by atoms with Gasteiger partial charge >= 0.3 is 0 Å². The van der Waals surface area contributed by atoms with Crippen LogP contribution in [0.3, 0.4) is 0 Å². The molecular weight excluding hydrogens is 324 g/mol. The van der Waals surface area contributed by atoms with E-state index >= 15 is 0 Å². The molecule has 0 fully saturated rings. The predicted octanol–water partition coefficient (Wildman–Crippen LogP) is 4.66. The molecule has 0 saturated carbocycles. The van der Waals surface area contributed by atoms with Crippen molar-refractivity contribution in [1.82, 2.24) is 15.2 Å². The van der Waals surface area contributed by atoms with E-state index in [0.29, 0.717) is 12.3 Å². The van der Waals surface area contributed by atoms with E-state index in [4.69, 9.17) is 4.74 Å². The van der Waals surface area contributed by atoms with Crippen molar-refractivity contribution in [2.45, 2.75) is 38.2 Å². The van der Waals surface area contributed by atoms with Gasteiger partial charge in [0.1, 0.15) is 23.5 Å². The summed E-state index contributed by atoms with van der Waals surface area (Å²) in [5.41, 5.74) is 1.84. The molecule has 2 aromatic rings. The average molecular weight is 341 g/mol. The Morgan fingerprint density at radius 1 is 1.12 bits per heavy atom. The van der Waals surface area contributed by atoms with Gasteiger partial charge in [0.25, 0.3) is 0 Å². The highest BCUT2D eigenvalue weighted by atomic mass is 19.1. The lowest BCUT2D eigenvalue weighted by atomic mass is 9.92. The molecule has 2 heterocycles. The highest BCUT2D eigenvalue weighted by Gasteiger charge is 2.27. The number of aryl methyl sites for hydroxylation is 1. The van der Waals surface area contributed by atoms with Crippen LogP contribution in [0, 0.1) is 0 Å². The minimum Gasteiger partial charge on any atom is -0.468 e. The Morgan fingerprint density at radius 2 is 2.04 bits per heavy atom. The molecule has 1 unspecified atom stereocenters. The average Bonchev–Trinajstić information content (AvgIpc) is 2.62. The largest absolute Gasteiger partial charge is 0.468 e. The van der Waals surface area contributed by atoms with Gasteiger partial charge in [0.15, 0.2) is 0 Å². The fourth-order valence-electron chi connectivity index (χ4n) is 3.27. The molecule has 0 aliphatic heterocycles. The normalized spacial score (nSPS) is 20.1. The van der Waals surface area contributed by atoms with E-state index < -0.39 is 11.7 Å². The molecule has 4 nitrogen and oxygen atoms in total. The highest BCUT2D eigenvalue weighted by molar-refractivity contribution is 5.77. The van der Waals surface area contributed by atoms with Crippen LogP contribution in [0.2, 0.25) is 0 Å². The molecule has 0 radical (unpaired) electrons. The molecule has 2 aromatic heterocycles. The van der Waals surface area contributed by atoms with Crippen LogP contribution in [0.25, 0.3) is 5.57 Å². The lowest BCUT2D eigenvalue weighted by Crippen LogP contribution is -2.19. The van der Waals surface area contributed by atoms with E-state index in [1.165, 1.54) is 6.08 Å². The van der Waals surface area contributed by atoms with Crippen molar-refractivity contribution in [3.8, 4) is 5.88 Å². The van der Waals surface area contributed by atoms with E-state index in [9.17, 15) is 8.78 Å². The summed E-state index contributed by atoms with van der Waals surface area (Å²) in [4.78, 5) is 4.17. The summed E-state index contributed by atoms with van der Waals surface area (Å²) in [7, 11) is 0. The molecule has 0 N–H and O–H groups in total. The molecule has 0 bridgehead atoms. The van der Waals surface area contributed by atoms with Crippen LogP contribution in [-0.4, -0.2) is 15.2 Å². The number of hydrogen-bond acceptors (Lipinski definition) is 4. The maximum Gasteiger partial charge on any atom is 0.213 e. The standard InChI is InChI=1S/C19H17F2N3O/c20-13-6-4-7-14(21)18(13)15-11-12-5-3-8-16(19(12)24-23-15)25-17-9-1-2-10-22-17/h1-2,6,9-11,16H,3-5,7-8H2. The molecular formula is C19H17F2N3O. The monoisotopic (exact) mass is 341 g/mol. The first kappa shape index (κ1) is 15.9. The minimum absolute atomic E-state index is 0.0608. The number of allylic oxidation sites excluding steroid dienone is 4. The number of hydrogen-bond donors (Lipinski definition) is 0. The second kappa shape index (κ2) is 6.70. The van der Waals surface area contributed by atoms with Crippen LogP contribution >= 0.6 is 0 Å².